The van der Waals surface area contributed by atoms with E-state index >= 15 is 0 Å². The number of hydrogen-bond acceptors (Lipinski definition) is 4. The smallest absolute Gasteiger partial charge is 0.220 e. The molecule has 2 bridgehead atoms. The summed E-state index contributed by atoms with van der Waals surface area (Å²) >= 11 is 0. The summed E-state index contributed by atoms with van der Waals surface area (Å²) in [5.74, 6) is 0.780. The number of halogens is 2. The summed E-state index contributed by atoms with van der Waals surface area (Å²) in [6, 6.07) is 3.59. The van der Waals surface area contributed by atoms with Crippen LogP contribution >= 0.6 is 12.4 Å². The normalized spacial score (nSPS) is 25.2. The summed E-state index contributed by atoms with van der Waals surface area (Å²) in [7, 11) is 2.97. The number of hydrogen-bond donors (Lipinski definition) is 2. The topological polar surface area (TPSA) is 59.6 Å². The number of methoxy groups -OCH3 is 2. The predicted molar refractivity (Wildman–Crippen MR) is 101 cm³/mol. The Kier molecular flexibility index (Phi) is 7.12. The highest BCUT2D eigenvalue weighted by atomic mass is 35.5. The van der Waals surface area contributed by atoms with Crippen molar-refractivity contribution in [1.82, 2.24) is 10.6 Å². The van der Waals surface area contributed by atoms with Gasteiger partial charge in [0, 0.05) is 30.1 Å². The van der Waals surface area contributed by atoms with Gasteiger partial charge in [0.05, 0.1) is 20.3 Å². The van der Waals surface area contributed by atoms with Gasteiger partial charge in [0.2, 0.25) is 5.91 Å². The molecule has 7 heteroatoms. The van der Waals surface area contributed by atoms with E-state index in [2.05, 4.69) is 10.6 Å². The zero-order chi connectivity index (χ0) is 18.0. The van der Waals surface area contributed by atoms with E-state index < -0.39 is 11.9 Å². The van der Waals surface area contributed by atoms with Crippen LogP contribution in [0.1, 0.15) is 50.6 Å². The lowest BCUT2D eigenvalue weighted by Crippen LogP contribution is -2.40. The lowest BCUT2D eigenvalue weighted by molar-refractivity contribution is -0.122. The van der Waals surface area contributed by atoms with Crippen LogP contribution in [0.4, 0.5) is 4.39 Å². The molecule has 0 saturated carbocycles. The minimum Gasteiger partial charge on any atom is -0.493 e. The van der Waals surface area contributed by atoms with E-state index in [9.17, 15) is 9.18 Å². The summed E-state index contributed by atoms with van der Waals surface area (Å²) in [6.45, 7) is 1.79. The number of nitrogens with one attached hydrogen (secondary N) is 2. The maximum atomic E-state index is 14.3. The molecule has 2 N–H and O–H groups in total. The lowest BCUT2D eigenvalue weighted by Gasteiger charge is -2.29. The number of amides is 1. The van der Waals surface area contributed by atoms with E-state index in [1.54, 1.807) is 13.0 Å². The molecule has 2 fully saturated rings. The summed E-state index contributed by atoms with van der Waals surface area (Å²) in [4.78, 5) is 12.4. The van der Waals surface area contributed by atoms with Crippen molar-refractivity contribution in [3.8, 4) is 11.5 Å². The van der Waals surface area contributed by atoms with E-state index in [0.717, 1.165) is 12.8 Å². The van der Waals surface area contributed by atoms with Crippen molar-refractivity contribution in [3.05, 3.63) is 23.5 Å². The molecule has 3 unspecified atom stereocenters. The average molecular weight is 387 g/mol. The Labute approximate surface area is 160 Å². The number of carbonyl (C=O) groups excluding carboxylic acids is 1. The van der Waals surface area contributed by atoms with Crippen LogP contribution in [0, 0.1) is 11.7 Å². The number of ether oxygens (including phenoxy) is 2. The van der Waals surface area contributed by atoms with Crippen LogP contribution in [-0.2, 0) is 4.79 Å². The molecule has 1 aromatic rings. The molecule has 2 saturated heterocycles. The molecule has 1 amide bonds. The van der Waals surface area contributed by atoms with Gasteiger partial charge in [-0.25, -0.2) is 4.39 Å². The Morgan fingerprint density at radius 3 is 2.38 bits per heavy atom. The monoisotopic (exact) mass is 386 g/mol. The second kappa shape index (κ2) is 8.91. The molecule has 0 aromatic heterocycles. The fraction of sp³-hybridized carbons (Fsp3) is 0.632. The Bertz CT molecular complexity index is 631. The first kappa shape index (κ1) is 20.8. The van der Waals surface area contributed by atoms with E-state index in [0.29, 0.717) is 41.5 Å². The molecule has 3 rings (SSSR count). The van der Waals surface area contributed by atoms with Crippen LogP contribution in [0.3, 0.4) is 0 Å². The molecule has 2 aliphatic heterocycles. The van der Waals surface area contributed by atoms with Crippen molar-refractivity contribution < 1.29 is 18.7 Å². The lowest BCUT2D eigenvalue weighted by atomic mass is 9.89. The van der Waals surface area contributed by atoms with Crippen molar-refractivity contribution in [2.75, 3.05) is 14.2 Å². The third-order valence-corrected chi connectivity index (χ3v) is 5.39. The van der Waals surface area contributed by atoms with Gasteiger partial charge in [0.25, 0.3) is 0 Å². The Morgan fingerprint density at radius 1 is 1.23 bits per heavy atom. The predicted octanol–water partition coefficient (Wildman–Crippen LogP) is 3.36. The van der Waals surface area contributed by atoms with Crippen LogP contribution in [0.5, 0.6) is 11.5 Å². The molecule has 0 radical (unpaired) electrons. The second-order valence-electron chi connectivity index (χ2n) is 7.20. The molecule has 2 aliphatic rings. The highest BCUT2D eigenvalue weighted by molar-refractivity contribution is 5.85. The molecule has 146 valence electrons. The van der Waals surface area contributed by atoms with Gasteiger partial charge in [0.1, 0.15) is 5.82 Å². The standard InChI is InChI=1S/C19H27FN2O3.ClH/c1-11(15-9-17(24-2)18(25-3)10-16(15)20)21-19(23)8-12-6-13-4-5-14(7-12)22-13;/h9-14,22H,4-8H2,1-3H3,(H,21,23);1H. The van der Waals surface area contributed by atoms with Crippen molar-refractivity contribution in [2.24, 2.45) is 5.92 Å². The molecule has 0 aliphatic carbocycles. The Hall–Kier alpha value is -1.53. The van der Waals surface area contributed by atoms with Gasteiger partial charge in [-0.15, -0.1) is 12.4 Å². The highest BCUT2D eigenvalue weighted by Gasteiger charge is 2.34. The minimum atomic E-state index is -0.425. The van der Waals surface area contributed by atoms with E-state index in [1.807, 2.05) is 0 Å². The number of carbonyl (C=O) groups is 1. The molecule has 5 nitrogen and oxygen atoms in total. The Balaban J connectivity index is 0.00000243. The fourth-order valence-corrected chi connectivity index (χ4v) is 4.18. The summed E-state index contributed by atoms with van der Waals surface area (Å²) in [6.07, 6.45) is 5.06. The average Bonchev–Trinajstić information content (AvgIpc) is 2.92. The number of benzene rings is 1. The third-order valence-electron chi connectivity index (χ3n) is 5.39. The van der Waals surface area contributed by atoms with Gasteiger partial charge >= 0.3 is 0 Å². The quantitative estimate of drug-likeness (QED) is 0.787. The van der Waals surface area contributed by atoms with Crippen molar-refractivity contribution >= 4 is 18.3 Å². The number of fused-ring (bicyclic) bond motifs is 2. The second-order valence-corrected chi connectivity index (χ2v) is 7.20. The first-order valence-electron chi connectivity index (χ1n) is 8.97. The zero-order valence-corrected chi connectivity index (χ0v) is 16.3. The zero-order valence-electron chi connectivity index (χ0n) is 15.5. The van der Waals surface area contributed by atoms with Gasteiger partial charge < -0.3 is 20.1 Å². The first-order valence-corrected chi connectivity index (χ1v) is 8.97. The summed E-state index contributed by atoms with van der Waals surface area (Å²) in [5, 5.41) is 6.51. The molecular formula is C19H28ClFN2O3. The van der Waals surface area contributed by atoms with Gasteiger partial charge in [-0.3, -0.25) is 4.79 Å². The van der Waals surface area contributed by atoms with Crippen LogP contribution in [0.25, 0.3) is 0 Å². The van der Waals surface area contributed by atoms with Crippen molar-refractivity contribution in [3.63, 3.8) is 0 Å². The maximum Gasteiger partial charge on any atom is 0.220 e. The minimum absolute atomic E-state index is 0. The first-order chi connectivity index (χ1) is 12.0. The van der Waals surface area contributed by atoms with E-state index in [-0.39, 0.29) is 18.3 Å². The van der Waals surface area contributed by atoms with Crippen LogP contribution < -0.4 is 20.1 Å². The van der Waals surface area contributed by atoms with Crippen molar-refractivity contribution in [1.29, 1.82) is 0 Å². The summed E-state index contributed by atoms with van der Waals surface area (Å²) in [5.41, 5.74) is 0.399. The van der Waals surface area contributed by atoms with Gasteiger partial charge in [-0.2, -0.15) is 0 Å². The summed E-state index contributed by atoms with van der Waals surface area (Å²) < 4.78 is 24.7. The van der Waals surface area contributed by atoms with Crippen LogP contribution in [0.15, 0.2) is 12.1 Å². The van der Waals surface area contributed by atoms with Crippen LogP contribution in [0.2, 0.25) is 0 Å². The van der Waals surface area contributed by atoms with Crippen molar-refractivity contribution in [2.45, 2.75) is 57.2 Å². The molecule has 2 heterocycles. The molecule has 26 heavy (non-hydrogen) atoms. The number of rotatable bonds is 6. The largest absolute Gasteiger partial charge is 0.493 e. The molecule has 0 spiro atoms. The Morgan fingerprint density at radius 2 is 1.81 bits per heavy atom. The fourth-order valence-electron chi connectivity index (χ4n) is 4.18. The maximum absolute atomic E-state index is 14.3. The van der Waals surface area contributed by atoms with Crippen LogP contribution in [-0.4, -0.2) is 32.2 Å². The van der Waals surface area contributed by atoms with E-state index in [1.165, 1.54) is 33.1 Å². The number of piperidine rings is 1. The van der Waals surface area contributed by atoms with Gasteiger partial charge in [-0.05, 0) is 44.6 Å². The third kappa shape index (κ3) is 4.60. The highest BCUT2D eigenvalue weighted by Crippen LogP contribution is 2.34. The molecular weight excluding hydrogens is 359 g/mol. The molecule has 1 aromatic carbocycles. The SMILES string of the molecule is COc1cc(F)c(C(C)NC(=O)CC2CC3CCC(C2)N3)cc1OC.Cl. The molecule has 3 atom stereocenters. The van der Waals surface area contributed by atoms with E-state index in [4.69, 9.17) is 9.47 Å². The van der Waals surface area contributed by atoms with Gasteiger partial charge in [-0.1, -0.05) is 0 Å². The van der Waals surface area contributed by atoms with Gasteiger partial charge in [0.15, 0.2) is 11.5 Å².